The normalized spacial score (nSPS) is 11.2. The summed E-state index contributed by atoms with van der Waals surface area (Å²) in [6.45, 7) is 2.28. The van der Waals surface area contributed by atoms with Crippen LogP contribution in [-0.4, -0.2) is 6.21 Å². The van der Waals surface area contributed by atoms with Crippen LogP contribution in [0.4, 0.5) is 8.78 Å². The molecule has 0 heterocycles. The van der Waals surface area contributed by atoms with E-state index in [9.17, 15) is 8.78 Å². The highest BCUT2D eigenvalue weighted by Crippen LogP contribution is 2.21. The van der Waals surface area contributed by atoms with E-state index in [0.29, 0.717) is 0 Å². The number of halogens is 2. The van der Waals surface area contributed by atoms with E-state index in [1.54, 1.807) is 12.1 Å². The van der Waals surface area contributed by atoms with Crippen LogP contribution in [-0.2, 0) is 11.4 Å². The minimum Gasteiger partial charge on any atom is -0.390 e. The molecule has 0 N–H and O–H groups in total. The van der Waals surface area contributed by atoms with E-state index >= 15 is 0 Å². The summed E-state index contributed by atoms with van der Waals surface area (Å²) in [5.74, 6) is 0. The van der Waals surface area contributed by atoms with Crippen LogP contribution in [0.1, 0.15) is 28.7 Å². The number of hydrogen-bond donors (Lipinski definition) is 0. The van der Waals surface area contributed by atoms with Crippen LogP contribution >= 0.6 is 0 Å². The molecule has 0 amide bonds. The van der Waals surface area contributed by atoms with Crippen molar-refractivity contribution in [2.24, 2.45) is 5.16 Å². The number of benzene rings is 2. The molecule has 0 bridgehead atoms. The Labute approximate surface area is 116 Å². The van der Waals surface area contributed by atoms with Crippen molar-refractivity contribution in [3.05, 3.63) is 70.8 Å². The minimum atomic E-state index is -2.55. The van der Waals surface area contributed by atoms with Gasteiger partial charge >= 0.3 is 0 Å². The number of nitrogens with zero attached hydrogens (tertiary/aromatic N) is 1. The van der Waals surface area contributed by atoms with E-state index < -0.39 is 6.43 Å². The zero-order valence-electron chi connectivity index (χ0n) is 11.0. The average Bonchev–Trinajstić information content (AvgIpc) is 2.46. The summed E-state index contributed by atoms with van der Waals surface area (Å²) in [7, 11) is 0. The molecule has 2 nitrogen and oxygen atoms in total. The lowest BCUT2D eigenvalue weighted by Crippen LogP contribution is -1.94. The summed E-state index contributed by atoms with van der Waals surface area (Å²) >= 11 is 0. The average molecular weight is 274 g/mol. The molecule has 0 spiro atoms. The van der Waals surface area contributed by atoms with Crippen molar-refractivity contribution in [2.75, 3.05) is 0 Å². The molecule has 0 aliphatic carbocycles. The van der Waals surface area contributed by atoms with Gasteiger partial charge in [-0.3, -0.25) is 0 Å². The summed E-state index contributed by atoms with van der Waals surface area (Å²) in [5, 5.41) is 3.62. The zero-order chi connectivity index (χ0) is 14.4. The van der Waals surface area contributed by atoms with Gasteiger partial charge < -0.3 is 4.84 Å². The van der Waals surface area contributed by atoms with Crippen LogP contribution < -0.4 is 0 Å². The second-order valence-electron chi connectivity index (χ2n) is 4.35. The van der Waals surface area contributed by atoms with Gasteiger partial charge in [-0.1, -0.05) is 59.3 Å². The third-order valence-corrected chi connectivity index (χ3v) is 2.78. The number of rotatable bonds is 5. The van der Waals surface area contributed by atoms with E-state index in [0.717, 1.165) is 11.1 Å². The van der Waals surface area contributed by atoms with E-state index in [1.807, 2.05) is 31.2 Å². The molecular formula is C16H14F2NO. The Balaban J connectivity index is 1.95. The lowest BCUT2D eigenvalue weighted by molar-refractivity contribution is 0.132. The lowest BCUT2D eigenvalue weighted by atomic mass is 10.1. The van der Waals surface area contributed by atoms with Gasteiger partial charge in [0.1, 0.15) is 12.8 Å². The molecule has 0 aliphatic rings. The van der Waals surface area contributed by atoms with E-state index in [2.05, 4.69) is 11.4 Å². The first-order valence-electron chi connectivity index (χ1n) is 6.17. The van der Waals surface area contributed by atoms with Crippen LogP contribution in [0.15, 0.2) is 53.7 Å². The van der Waals surface area contributed by atoms with Crippen LogP contribution in [0.5, 0.6) is 0 Å². The Morgan fingerprint density at radius 1 is 1.10 bits per heavy atom. The van der Waals surface area contributed by atoms with Crippen LogP contribution in [0, 0.1) is 6.92 Å². The predicted molar refractivity (Wildman–Crippen MR) is 73.9 cm³/mol. The molecular weight excluding hydrogens is 260 g/mol. The maximum absolute atomic E-state index is 12.7. The fourth-order valence-electron chi connectivity index (χ4n) is 1.66. The van der Waals surface area contributed by atoms with Gasteiger partial charge in [-0.25, -0.2) is 8.78 Å². The SMILES string of the molecule is Cc1ccc(CO/N=[C]\c2ccccc2C(F)F)cc1. The molecule has 4 heteroatoms. The maximum atomic E-state index is 12.7. The topological polar surface area (TPSA) is 21.6 Å². The standard InChI is InChI=1S/C16H14F2NO/c1-12-6-8-13(9-7-12)11-20-19-10-14-4-2-3-5-15(14)16(17)18/h2-9,16H,11H2,1H3. The second kappa shape index (κ2) is 6.80. The zero-order valence-corrected chi connectivity index (χ0v) is 11.0. The summed E-state index contributed by atoms with van der Waals surface area (Å²) in [6, 6.07) is 13.9. The lowest BCUT2D eigenvalue weighted by Gasteiger charge is -2.03. The van der Waals surface area contributed by atoms with Gasteiger partial charge in [0, 0.05) is 11.1 Å². The third kappa shape index (κ3) is 3.88. The summed E-state index contributed by atoms with van der Waals surface area (Å²) in [6.07, 6.45) is -0.0510. The van der Waals surface area contributed by atoms with Crippen molar-refractivity contribution < 1.29 is 13.6 Å². The minimum absolute atomic E-state index is 0.102. The fraction of sp³-hybridized carbons (Fsp3) is 0.188. The molecule has 0 atom stereocenters. The Morgan fingerprint density at radius 2 is 1.80 bits per heavy atom. The highest BCUT2D eigenvalue weighted by molar-refractivity contribution is 5.81. The third-order valence-electron chi connectivity index (χ3n) is 2.78. The van der Waals surface area contributed by atoms with Gasteiger partial charge in [0.2, 0.25) is 0 Å². The molecule has 0 saturated carbocycles. The summed E-state index contributed by atoms with van der Waals surface area (Å²) < 4.78 is 25.4. The quantitative estimate of drug-likeness (QED) is 0.586. The Bertz CT molecular complexity index is 579. The van der Waals surface area contributed by atoms with Crippen LogP contribution in [0.25, 0.3) is 0 Å². The van der Waals surface area contributed by atoms with Gasteiger partial charge in [-0.05, 0) is 12.5 Å². The first kappa shape index (κ1) is 14.2. The molecule has 2 aromatic rings. The largest absolute Gasteiger partial charge is 0.390 e. The predicted octanol–water partition coefficient (Wildman–Crippen LogP) is 4.36. The van der Waals surface area contributed by atoms with E-state index in [-0.39, 0.29) is 17.7 Å². The number of aryl methyl sites for hydroxylation is 1. The Morgan fingerprint density at radius 3 is 2.50 bits per heavy atom. The summed E-state index contributed by atoms with van der Waals surface area (Å²) in [5.41, 5.74) is 2.26. The smallest absolute Gasteiger partial charge is 0.264 e. The molecule has 0 saturated heterocycles. The Hall–Kier alpha value is -2.23. The van der Waals surface area contributed by atoms with Gasteiger partial charge in [-0.2, -0.15) is 0 Å². The Kier molecular flexibility index (Phi) is 4.82. The van der Waals surface area contributed by atoms with Crippen molar-refractivity contribution in [1.29, 1.82) is 0 Å². The molecule has 0 aliphatic heterocycles. The van der Waals surface area contributed by atoms with Gasteiger partial charge in [0.25, 0.3) is 6.43 Å². The van der Waals surface area contributed by atoms with Crippen molar-refractivity contribution in [3.63, 3.8) is 0 Å². The maximum Gasteiger partial charge on any atom is 0.264 e. The molecule has 0 fully saturated rings. The number of hydrogen-bond acceptors (Lipinski definition) is 2. The van der Waals surface area contributed by atoms with Gasteiger partial charge in [0.15, 0.2) is 0 Å². The number of alkyl halides is 2. The molecule has 2 aromatic carbocycles. The van der Waals surface area contributed by atoms with Gasteiger partial charge in [0.05, 0.1) is 0 Å². The van der Waals surface area contributed by atoms with Crippen molar-refractivity contribution >= 4 is 6.21 Å². The van der Waals surface area contributed by atoms with Crippen molar-refractivity contribution in [3.8, 4) is 0 Å². The summed E-state index contributed by atoms with van der Waals surface area (Å²) in [4.78, 5) is 5.07. The monoisotopic (exact) mass is 274 g/mol. The molecule has 0 unspecified atom stereocenters. The molecule has 0 aromatic heterocycles. The van der Waals surface area contributed by atoms with Crippen molar-refractivity contribution in [2.45, 2.75) is 20.0 Å². The van der Waals surface area contributed by atoms with Crippen LogP contribution in [0.3, 0.4) is 0 Å². The first-order chi connectivity index (χ1) is 9.66. The first-order valence-corrected chi connectivity index (χ1v) is 6.17. The fourth-order valence-corrected chi connectivity index (χ4v) is 1.66. The highest BCUT2D eigenvalue weighted by Gasteiger charge is 2.10. The molecule has 1 radical (unpaired) electrons. The molecule has 103 valence electrons. The van der Waals surface area contributed by atoms with E-state index in [4.69, 9.17) is 4.84 Å². The highest BCUT2D eigenvalue weighted by atomic mass is 19.3. The molecule has 2 rings (SSSR count). The van der Waals surface area contributed by atoms with Gasteiger partial charge in [-0.15, -0.1) is 0 Å². The van der Waals surface area contributed by atoms with E-state index in [1.165, 1.54) is 12.1 Å². The molecule has 20 heavy (non-hydrogen) atoms. The van der Waals surface area contributed by atoms with Crippen LogP contribution in [0.2, 0.25) is 0 Å². The van der Waals surface area contributed by atoms with Crippen molar-refractivity contribution in [1.82, 2.24) is 0 Å². The second-order valence-corrected chi connectivity index (χ2v) is 4.35.